The molecule has 0 aliphatic carbocycles. The number of aromatic nitrogens is 2. The van der Waals surface area contributed by atoms with Gasteiger partial charge < -0.3 is 15.1 Å². The molecule has 1 fully saturated rings. The van der Waals surface area contributed by atoms with E-state index in [9.17, 15) is 4.79 Å². The summed E-state index contributed by atoms with van der Waals surface area (Å²) >= 11 is 3.51. The summed E-state index contributed by atoms with van der Waals surface area (Å²) in [7, 11) is 0. The molecule has 2 aliphatic heterocycles. The Hall–Kier alpha value is -2.67. The van der Waals surface area contributed by atoms with Crippen LogP contribution in [0.1, 0.15) is 18.4 Å². The van der Waals surface area contributed by atoms with Gasteiger partial charge in [-0.15, -0.1) is 0 Å². The van der Waals surface area contributed by atoms with Gasteiger partial charge in [0.1, 0.15) is 12.1 Å². The zero-order chi connectivity index (χ0) is 19.8. The number of anilines is 2. The van der Waals surface area contributed by atoms with Crippen LogP contribution in [-0.2, 0) is 6.54 Å². The van der Waals surface area contributed by atoms with Crippen molar-refractivity contribution in [3.8, 4) is 0 Å². The topological polar surface area (TPSA) is 61.4 Å². The van der Waals surface area contributed by atoms with E-state index in [4.69, 9.17) is 0 Å². The predicted molar refractivity (Wildman–Crippen MR) is 118 cm³/mol. The average molecular weight is 452 g/mol. The lowest BCUT2D eigenvalue weighted by molar-refractivity contribution is 0.188. The van der Waals surface area contributed by atoms with Gasteiger partial charge >= 0.3 is 6.03 Å². The molecule has 0 atom stereocenters. The minimum atomic E-state index is 0.0125. The van der Waals surface area contributed by atoms with E-state index in [0.717, 1.165) is 59.4 Å². The number of rotatable bonds is 3. The molecule has 1 aromatic heterocycles. The fraction of sp³-hybridized carbons (Fsp3) is 0.318. The number of nitrogens with zero attached hydrogens (tertiary/aromatic N) is 4. The number of halogens is 1. The molecule has 3 heterocycles. The first kappa shape index (κ1) is 18.4. The molecular weight excluding hydrogens is 430 g/mol. The lowest BCUT2D eigenvalue weighted by atomic mass is 9.95. The standard InChI is InChI=1S/C22H22BrN5O/c23-17-5-6-18-20(11-17)24-14-25-21(18)27-9-7-15(8-10-27)12-28-13-16-3-1-2-4-19(16)26-22(28)29/h1-6,11,14-15H,7-10,12-13H2,(H,26,29). The van der Waals surface area contributed by atoms with Gasteiger partial charge in [0.05, 0.1) is 5.52 Å². The number of para-hydroxylation sites is 1. The molecular formula is C22H22BrN5O. The van der Waals surface area contributed by atoms with Crippen LogP contribution >= 0.6 is 15.9 Å². The van der Waals surface area contributed by atoms with Crippen LogP contribution in [0, 0.1) is 5.92 Å². The van der Waals surface area contributed by atoms with E-state index < -0.39 is 0 Å². The Morgan fingerprint density at radius 3 is 2.79 bits per heavy atom. The second-order valence-corrected chi connectivity index (χ2v) is 8.67. The number of hydrogen-bond donors (Lipinski definition) is 1. The van der Waals surface area contributed by atoms with Crippen LogP contribution in [0.5, 0.6) is 0 Å². The van der Waals surface area contributed by atoms with E-state index in [1.165, 1.54) is 5.56 Å². The van der Waals surface area contributed by atoms with E-state index in [-0.39, 0.29) is 6.03 Å². The maximum atomic E-state index is 12.5. The summed E-state index contributed by atoms with van der Waals surface area (Å²) in [5.41, 5.74) is 3.07. The molecule has 3 aromatic rings. The molecule has 0 bridgehead atoms. The SMILES string of the molecule is O=C1Nc2ccccc2CN1CC1CCN(c2ncnc3cc(Br)ccc23)CC1. The number of hydrogen-bond acceptors (Lipinski definition) is 4. The lowest BCUT2D eigenvalue weighted by Gasteiger charge is -2.37. The number of carbonyl (C=O) groups excluding carboxylic acids is 1. The fourth-order valence-corrected chi connectivity index (χ4v) is 4.66. The first-order valence-electron chi connectivity index (χ1n) is 9.96. The number of urea groups is 1. The number of fused-ring (bicyclic) bond motifs is 2. The minimum Gasteiger partial charge on any atom is -0.356 e. The van der Waals surface area contributed by atoms with Gasteiger partial charge in [-0.25, -0.2) is 14.8 Å². The summed E-state index contributed by atoms with van der Waals surface area (Å²) in [6.45, 7) is 3.37. The minimum absolute atomic E-state index is 0.0125. The third-order valence-electron chi connectivity index (χ3n) is 5.88. The van der Waals surface area contributed by atoms with Crippen molar-refractivity contribution in [1.29, 1.82) is 0 Å². The van der Waals surface area contributed by atoms with Crippen molar-refractivity contribution < 1.29 is 4.79 Å². The predicted octanol–water partition coefficient (Wildman–Crippen LogP) is 4.66. The highest BCUT2D eigenvalue weighted by molar-refractivity contribution is 9.10. The largest absolute Gasteiger partial charge is 0.356 e. The zero-order valence-corrected chi connectivity index (χ0v) is 17.6. The van der Waals surface area contributed by atoms with Crippen molar-refractivity contribution in [2.24, 2.45) is 5.92 Å². The Kier molecular flexibility index (Phi) is 4.83. The van der Waals surface area contributed by atoms with Crippen LogP contribution in [0.2, 0.25) is 0 Å². The molecule has 2 amide bonds. The van der Waals surface area contributed by atoms with Crippen molar-refractivity contribution in [2.45, 2.75) is 19.4 Å². The third-order valence-corrected chi connectivity index (χ3v) is 6.37. The van der Waals surface area contributed by atoms with Crippen LogP contribution in [0.3, 0.4) is 0 Å². The normalized spacial score (nSPS) is 17.3. The van der Waals surface area contributed by atoms with E-state index in [0.29, 0.717) is 12.5 Å². The summed E-state index contributed by atoms with van der Waals surface area (Å²) in [6, 6.07) is 14.2. The van der Waals surface area contributed by atoms with Gasteiger partial charge in [0.25, 0.3) is 0 Å². The molecule has 7 heteroatoms. The van der Waals surface area contributed by atoms with Crippen LogP contribution in [0.4, 0.5) is 16.3 Å². The summed E-state index contributed by atoms with van der Waals surface area (Å²) in [5, 5.41) is 4.10. The summed E-state index contributed by atoms with van der Waals surface area (Å²) in [4.78, 5) is 25.7. The highest BCUT2D eigenvalue weighted by atomic mass is 79.9. The van der Waals surface area contributed by atoms with Gasteiger partial charge in [0.15, 0.2) is 0 Å². The summed E-state index contributed by atoms with van der Waals surface area (Å²) in [6.07, 6.45) is 3.74. The van der Waals surface area contributed by atoms with Crippen LogP contribution in [-0.4, -0.2) is 40.5 Å². The molecule has 0 unspecified atom stereocenters. The molecule has 0 saturated carbocycles. The second kappa shape index (κ2) is 7.63. The van der Waals surface area contributed by atoms with Gasteiger partial charge in [0.2, 0.25) is 0 Å². The number of amides is 2. The Morgan fingerprint density at radius 1 is 1.10 bits per heavy atom. The van der Waals surface area contributed by atoms with Crippen molar-refractivity contribution in [3.63, 3.8) is 0 Å². The second-order valence-electron chi connectivity index (χ2n) is 7.76. The zero-order valence-electron chi connectivity index (χ0n) is 16.0. The summed E-state index contributed by atoms with van der Waals surface area (Å²) < 4.78 is 1.02. The van der Waals surface area contributed by atoms with E-state index in [2.05, 4.69) is 48.2 Å². The quantitative estimate of drug-likeness (QED) is 0.628. The summed E-state index contributed by atoms with van der Waals surface area (Å²) in [5.74, 6) is 1.51. The van der Waals surface area contributed by atoms with Crippen LogP contribution in [0.25, 0.3) is 10.9 Å². The third kappa shape index (κ3) is 3.67. The van der Waals surface area contributed by atoms with Gasteiger partial charge in [0, 0.05) is 41.7 Å². The first-order chi connectivity index (χ1) is 14.2. The smallest absolute Gasteiger partial charge is 0.322 e. The molecule has 1 N–H and O–H groups in total. The van der Waals surface area contributed by atoms with Crippen LogP contribution < -0.4 is 10.2 Å². The molecule has 0 spiro atoms. The van der Waals surface area contributed by atoms with Gasteiger partial charge in [-0.05, 0) is 48.6 Å². The van der Waals surface area contributed by atoms with E-state index in [1.807, 2.05) is 35.2 Å². The highest BCUT2D eigenvalue weighted by Gasteiger charge is 2.28. The number of benzene rings is 2. The number of carbonyl (C=O) groups is 1. The van der Waals surface area contributed by atoms with Gasteiger partial charge in [-0.3, -0.25) is 0 Å². The number of nitrogens with one attached hydrogen (secondary N) is 1. The Morgan fingerprint density at radius 2 is 1.93 bits per heavy atom. The number of piperidine rings is 1. The molecule has 1 saturated heterocycles. The van der Waals surface area contributed by atoms with E-state index in [1.54, 1.807) is 6.33 Å². The Balaban J connectivity index is 1.25. The molecule has 2 aromatic carbocycles. The van der Waals surface area contributed by atoms with Crippen molar-refractivity contribution >= 4 is 44.4 Å². The Bertz CT molecular complexity index is 1060. The lowest BCUT2D eigenvalue weighted by Crippen LogP contribution is -2.44. The van der Waals surface area contributed by atoms with E-state index >= 15 is 0 Å². The molecule has 5 rings (SSSR count). The van der Waals surface area contributed by atoms with Gasteiger partial charge in [-0.2, -0.15) is 0 Å². The van der Waals surface area contributed by atoms with Crippen molar-refractivity contribution in [1.82, 2.24) is 14.9 Å². The highest BCUT2D eigenvalue weighted by Crippen LogP contribution is 2.30. The monoisotopic (exact) mass is 451 g/mol. The Labute approximate surface area is 178 Å². The van der Waals surface area contributed by atoms with Gasteiger partial charge in [-0.1, -0.05) is 34.1 Å². The molecule has 0 radical (unpaired) electrons. The molecule has 6 nitrogen and oxygen atoms in total. The molecule has 29 heavy (non-hydrogen) atoms. The fourth-order valence-electron chi connectivity index (χ4n) is 4.31. The maximum Gasteiger partial charge on any atom is 0.322 e. The van der Waals surface area contributed by atoms with Crippen molar-refractivity contribution in [3.05, 3.63) is 58.8 Å². The molecule has 2 aliphatic rings. The first-order valence-corrected chi connectivity index (χ1v) is 10.8. The van der Waals surface area contributed by atoms with Crippen molar-refractivity contribution in [2.75, 3.05) is 29.9 Å². The maximum absolute atomic E-state index is 12.5. The van der Waals surface area contributed by atoms with Crippen LogP contribution in [0.15, 0.2) is 53.3 Å². The average Bonchev–Trinajstić information content (AvgIpc) is 2.74. The molecule has 148 valence electrons.